The molecule has 7 heteroatoms. The zero-order valence-electron chi connectivity index (χ0n) is 11.0. The van der Waals surface area contributed by atoms with Gasteiger partial charge in [0.05, 0.1) is 12.5 Å². The molecule has 1 atom stereocenters. The Morgan fingerprint density at radius 2 is 1.68 bits per heavy atom. The molecular formula is C12H24N2O5. The lowest BCUT2D eigenvalue weighted by atomic mass is 10.1. The Labute approximate surface area is 112 Å². The van der Waals surface area contributed by atoms with E-state index in [9.17, 15) is 9.59 Å². The van der Waals surface area contributed by atoms with Crippen molar-refractivity contribution < 1.29 is 24.9 Å². The first-order chi connectivity index (χ1) is 8.93. The summed E-state index contributed by atoms with van der Waals surface area (Å²) in [7, 11) is 0. The van der Waals surface area contributed by atoms with Crippen molar-refractivity contribution in [3.05, 3.63) is 12.2 Å². The lowest BCUT2D eigenvalue weighted by Crippen LogP contribution is -2.14. The summed E-state index contributed by atoms with van der Waals surface area (Å²) < 4.78 is 0. The van der Waals surface area contributed by atoms with Crippen LogP contribution in [0.2, 0.25) is 0 Å². The highest BCUT2D eigenvalue weighted by Crippen LogP contribution is 1.99. The summed E-state index contributed by atoms with van der Waals surface area (Å²) in [6.45, 7) is 1.11. The lowest BCUT2D eigenvalue weighted by molar-refractivity contribution is -0.139. The number of hydrogen-bond donors (Lipinski definition) is 5. The van der Waals surface area contributed by atoms with E-state index in [2.05, 4.69) is 0 Å². The van der Waals surface area contributed by atoms with E-state index >= 15 is 0 Å². The molecule has 7 N–H and O–H groups in total. The van der Waals surface area contributed by atoms with E-state index in [0.29, 0.717) is 25.9 Å². The molecule has 112 valence electrons. The average Bonchev–Trinajstić information content (AvgIpc) is 2.32. The van der Waals surface area contributed by atoms with Crippen LogP contribution in [-0.2, 0) is 9.59 Å². The van der Waals surface area contributed by atoms with Crippen LogP contribution in [0.3, 0.4) is 0 Å². The van der Waals surface area contributed by atoms with Crippen molar-refractivity contribution >= 4 is 11.9 Å². The molecule has 0 bridgehead atoms. The van der Waals surface area contributed by atoms with Gasteiger partial charge in [-0.3, -0.25) is 4.79 Å². The van der Waals surface area contributed by atoms with Crippen molar-refractivity contribution in [3.63, 3.8) is 0 Å². The molecule has 0 amide bonds. The minimum atomic E-state index is -0.968. The maximum atomic E-state index is 9.98. The van der Waals surface area contributed by atoms with Crippen molar-refractivity contribution in [1.29, 1.82) is 0 Å². The van der Waals surface area contributed by atoms with Gasteiger partial charge in [-0.25, -0.2) is 4.79 Å². The number of allylic oxidation sites excluding steroid dienone is 1. The van der Waals surface area contributed by atoms with Gasteiger partial charge in [-0.1, -0.05) is 6.08 Å². The molecule has 0 rings (SSSR count). The molecule has 0 aliphatic carbocycles. The van der Waals surface area contributed by atoms with E-state index in [1.165, 1.54) is 0 Å². The van der Waals surface area contributed by atoms with Gasteiger partial charge in [-0.05, 0) is 38.8 Å². The molecule has 0 aliphatic rings. The molecule has 0 aromatic carbocycles. The van der Waals surface area contributed by atoms with Crippen LogP contribution in [0.25, 0.3) is 0 Å². The quantitative estimate of drug-likeness (QED) is 0.292. The summed E-state index contributed by atoms with van der Waals surface area (Å²) in [6.07, 6.45) is 4.58. The van der Waals surface area contributed by atoms with Gasteiger partial charge in [0, 0.05) is 6.08 Å². The van der Waals surface area contributed by atoms with E-state index < -0.39 is 18.0 Å². The zero-order valence-corrected chi connectivity index (χ0v) is 11.0. The molecule has 1 unspecified atom stereocenters. The first-order valence-electron chi connectivity index (χ1n) is 6.13. The second kappa shape index (κ2) is 14.6. The molecule has 0 aliphatic heterocycles. The third kappa shape index (κ3) is 22.3. The second-order valence-electron chi connectivity index (χ2n) is 3.85. The smallest absolute Gasteiger partial charge is 0.327 e. The summed E-state index contributed by atoms with van der Waals surface area (Å²) in [5, 5.41) is 25.2. The fourth-order valence-electron chi connectivity index (χ4n) is 1.08. The molecule has 0 aromatic heterocycles. The summed E-state index contributed by atoms with van der Waals surface area (Å²) in [6, 6.07) is 0. The molecule has 0 aromatic rings. The number of aliphatic hydroxyl groups is 1. The van der Waals surface area contributed by atoms with Crippen LogP contribution >= 0.6 is 0 Å². The fourth-order valence-corrected chi connectivity index (χ4v) is 1.08. The third-order valence-electron chi connectivity index (χ3n) is 1.99. The first-order valence-corrected chi connectivity index (χ1v) is 6.13. The highest BCUT2D eigenvalue weighted by molar-refractivity contribution is 5.79. The highest BCUT2D eigenvalue weighted by Gasteiger charge is 2.07. The summed E-state index contributed by atoms with van der Waals surface area (Å²) >= 11 is 0. The predicted octanol–water partition coefficient (Wildman–Crippen LogP) is -0.0730. The Morgan fingerprint density at radius 1 is 1.11 bits per heavy atom. The predicted molar refractivity (Wildman–Crippen MR) is 71.6 cm³/mol. The number of hydrogen-bond acceptors (Lipinski definition) is 5. The van der Waals surface area contributed by atoms with Gasteiger partial charge in [0.2, 0.25) is 0 Å². The molecule has 0 saturated carbocycles. The molecule has 0 heterocycles. The number of aliphatic carboxylic acids is 2. The molecule has 0 radical (unpaired) electrons. The van der Waals surface area contributed by atoms with Crippen molar-refractivity contribution in [1.82, 2.24) is 0 Å². The highest BCUT2D eigenvalue weighted by atomic mass is 16.4. The number of rotatable bonds is 9. The van der Waals surface area contributed by atoms with Crippen LogP contribution in [0.4, 0.5) is 0 Å². The molecule has 0 fully saturated rings. The van der Waals surface area contributed by atoms with Crippen LogP contribution in [-0.4, -0.2) is 46.5 Å². The summed E-state index contributed by atoms with van der Waals surface area (Å²) in [5.41, 5.74) is 10.3. The van der Waals surface area contributed by atoms with Crippen molar-refractivity contribution in [2.75, 3.05) is 13.1 Å². The SMILES string of the molecule is NCCC/C=C/C(=O)O.NCCCC(O)CC(=O)O. The number of nitrogens with two attached hydrogens (primary N) is 2. The Morgan fingerprint density at radius 3 is 2.11 bits per heavy atom. The molecule has 0 spiro atoms. The van der Waals surface area contributed by atoms with Gasteiger partial charge in [-0.2, -0.15) is 0 Å². The number of carbonyl (C=O) groups is 2. The van der Waals surface area contributed by atoms with Crippen LogP contribution in [0.15, 0.2) is 12.2 Å². The maximum absolute atomic E-state index is 9.98. The van der Waals surface area contributed by atoms with Gasteiger partial charge in [-0.15, -0.1) is 0 Å². The minimum Gasteiger partial charge on any atom is -0.481 e. The Balaban J connectivity index is 0. The number of aliphatic hydroxyl groups excluding tert-OH is 1. The normalized spacial score (nSPS) is 11.7. The molecule has 19 heavy (non-hydrogen) atoms. The fraction of sp³-hybridized carbons (Fsp3) is 0.667. The van der Waals surface area contributed by atoms with E-state index in [1.54, 1.807) is 6.08 Å². The van der Waals surface area contributed by atoms with Crippen LogP contribution < -0.4 is 11.5 Å². The Bertz CT molecular complexity index is 269. The van der Waals surface area contributed by atoms with Gasteiger partial charge in [0.15, 0.2) is 0 Å². The second-order valence-corrected chi connectivity index (χ2v) is 3.85. The van der Waals surface area contributed by atoms with E-state index in [1.807, 2.05) is 0 Å². The van der Waals surface area contributed by atoms with Gasteiger partial charge < -0.3 is 26.8 Å². The van der Waals surface area contributed by atoms with Gasteiger partial charge >= 0.3 is 11.9 Å². The topological polar surface area (TPSA) is 147 Å². The lowest BCUT2D eigenvalue weighted by Gasteiger charge is -2.04. The average molecular weight is 276 g/mol. The summed E-state index contributed by atoms with van der Waals surface area (Å²) in [4.78, 5) is 19.8. The van der Waals surface area contributed by atoms with Crippen molar-refractivity contribution in [3.8, 4) is 0 Å². The monoisotopic (exact) mass is 276 g/mol. The largest absolute Gasteiger partial charge is 0.481 e. The standard InChI is InChI=1S/C6H13NO3.C6H11NO2/c7-3-1-2-5(8)4-6(9)10;7-5-3-1-2-4-6(8)9/h5,8H,1-4,7H2,(H,9,10);2,4H,1,3,5,7H2,(H,8,9)/b;4-2+. The number of unbranched alkanes of at least 4 members (excludes halogenated alkanes) is 1. The maximum Gasteiger partial charge on any atom is 0.327 e. The molecule has 7 nitrogen and oxygen atoms in total. The number of carboxylic acid groups (broad SMARTS) is 2. The molecular weight excluding hydrogens is 252 g/mol. The van der Waals surface area contributed by atoms with E-state index in [-0.39, 0.29) is 6.42 Å². The van der Waals surface area contributed by atoms with Crippen LogP contribution in [0.5, 0.6) is 0 Å². The number of carboxylic acids is 2. The van der Waals surface area contributed by atoms with Crippen LogP contribution in [0, 0.1) is 0 Å². The Kier molecular flexibility index (Phi) is 15.3. The third-order valence-corrected chi connectivity index (χ3v) is 1.99. The zero-order chi connectivity index (χ0) is 15.1. The van der Waals surface area contributed by atoms with E-state index in [4.69, 9.17) is 26.8 Å². The van der Waals surface area contributed by atoms with Crippen LogP contribution in [0.1, 0.15) is 32.1 Å². The van der Waals surface area contributed by atoms with E-state index in [0.717, 1.165) is 18.9 Å². The van der Waals surface area contributed by atoms with Gasteiger partial charge in [0.25, 0.3) is 0 Å². The molecule has 0 saturated heterocycles. The Hall–Kier alpha value is -1.44. The van der Waals surface area contributed by atoms with Crippen molar-refractivity contribution in [2.45, 2.75) is 38.2 Å². The summed E-state index contributed by atoms with van der Waals surface area (Å²) in [5.74, 6) is -1.86. The first kappa shape index (κ1) is 19.9. The van der Waals surface area contributed by atoms with Gasteiger partial charge in [0.1, 0.15) is 0 Å². The van der Waals surface area contributed by atoms with Crippen molar-refractivity contribution in [2.24, 2.45) is 11.5 Å². The minimum absolute atomic E-state index is 0.181.